The number of ether oxygens (including phenoxy) is 2. The van der Waals surface area contributed by atoms with Gasteiger partial charge in [0.25, 0.3) is 0 Å². The van der Waals surface area contributed by atoms with Crippen molar-refractivity contribution < 1.29 is 9.47 Å². The van der Waals surface area contributed by atoms with E-state index in [1.54, 1.807) is 0 Å². The quantitative estimate of drug-likeness (QED) is 0.678. The van der Waals surface area contributed by atoms with Crippen molar-refractivity contribution in [2.24, 2.45) is 0 Å². The lowest BCUT2D eigenvalue weighted by Gasteiger charge is -2.15. The van der Waals surface area contributed by atoms with E-state index in [2.05, 4.69) is 19.2 Å². The lowest BCUT2D eigenvalue weighted by molar-refractivity contribution is 0.0603. The summed E-state index contributed by atoms with van der Waals surface area (Å²) in [5.74, 6) is 0. The largest absolute Gasteiger partial charge is 0.377 e. The highest BCUT2D eigenvalue weighted by atomic mass is 16.5. The van der Waals surface area contributed by atoms with E-state index in [0.717, 1.165) is 32.7 Å². The van der Waals surface area contributed by atoms with Gasteiger partial charge in [-0.2, -0.15) is 0 Å². The molecule has 0 radical (unpaired) electrons. The van der Waals surface area contributed by atoms with Crippen LogP contribution in [0.3, 0.4) is 0 Å². The Kier molecular flexibility index (Phi) is 6.15. The van der Waals surface area contributed by atoms with Crippen LogP contribution in [0.2, 0.25) is 0 Å². The monoisotopic (exact) mass is 201 g/mol. The third kappa shape index (κ3) is 4.94. The fourth-order valence-corrected chi connectivity index (χ4v) is 1.63. The Bertz CT molecular complexity index is 135. The zero-order chi connectivity index (χ0) is 10.2. The van der Waals surface area contributed by atoms with Crippen LogP contribution in [0, 0.1) is 0 Å². The molecule has 0 bridgehead atoms. The molecule has 1 heterocycles. The van der Waals surface area contributed by atoms with E-state index >= 15 is 0 Å². The second-order valence-corrected chi connectivity index (χ2v) is 3.97. The standard InChI is InChI=1S/C11H23NO2/c1-3-6-13-10(2)8-12-9-11-5-4-7-14-11/h10-12H,3-9H2,1-2H3. The van der Waals surface area contributed by atoms with E-state index in [-0.39, 0.29) is 0 Å². The number of hydrogen-bond donors (Lipinski definition) is 1. The van der Waals surface area contributed by atoms with Crippen molar-refractivity contribution in [3.63, 3.8) is 0 Å². The predicted molar refractivity (Wildman–Crippen MR) is 57.5 cm³/mol. The molecule has 0 aromatic heterocycles. The molecule has 1 saturated heterocycles. The van der Waals surface area contributed by atoms with Crippen LogP contribution in [-0.4, -0.2) is 38.5 Å². The molecule has 1 fully saturated rings. The highest BCUT2D eigenvalue weighted by Crippen LogP contribution is 2.10. The summed E-state index contributed by atoms with van der Waals surface area (Å²) in [4.78, 5) is 0. The first-order valence-electron chi connectivity index (χ1n) is 5.77. The Balaban J connectivity index is 1.91. The Hall–Kier alpha value is -0.120. The van der Waals surface area contributed by atoms with E-state index in [9.17, 15) is 0 Å². The molecule has 1 N–H and O–H groups in total. The van der Waals surface area contributed by atoms with Gasteiger partial charge in [-0.15, -0.1) is 0 Å². The van der Waals surface area contributed by atoms with Crippen LogP contribution in [-0.2, 0) is 9.47 Å². The molecular weight excluding hydrogens is 178 g/mol. The highest BCUT2D eigenvalue weighted by Gasteiger charge is 2.14. The molecule has 0 saturated carbocycles. The summed E-state index contributed by atoms with van der Waals surface area (Å²) in [6.07, 6.45) is 4.27. The smallest absolute Gasteiger partial charge is 0.0700 e. The average molecular weight is 201 g/mol. The Labute approximate surface area is 87.2 Å². The fraction of sp³-hybridized carbons (Fsp3) is 1.00. The van der Waals surface area contributed by atoms with E-state index in [4.69, 9.17) is 9.47 Å². The van der Waals surface area contributed by atoms with Gasteiger partial charge in [-0.05, 0) is 26.2 Å². The van der Waals surface area contributed by atoms with E-state index in [1.807, 2.05) is 0 Å². The maximum absolute atomic E-state index is 5.55. The molecule has 0 aromatic carbocycles. The molecule has 0 aromatic rings. The second kappa shape index (κ2) is 7.21. The van der Waals surface area contributed by atoms with E-state index in [1.165, 1.54) is 12.8 Å². The number of nitrogens with one attached hydrogen (secondary N) is 1. The first kappa shape index (κ1) is 12.0. The summed E-state index contributed by atoms with van der Waals surface area (Å²) in [6, 6.07) is 0. The molecule has 0 spiro atoms. The normalized spacial score (nSPS) is 24.0. The zero-order valence-corrected chi connectivity index (χ0v) is 9.42. The van der Waals surface area contributed by atoms with Gasteiger partial charge in [0, 0.05) is 26.3 Å². The Morgan fingerprint density at radius 1 is 1.57 bits per heavy atom. The van der Waals surface area contributed by atoms with Gasteiger partial charge < -0.3 is 14.8 Å². The van der Waals surface area contributed by atoms with Crippen molar-refractivity contribution >= 4 is 0 Å². The first-order valence-corrected chi connectivity index (χ1v) is 5.77. The van der Waals surface area contributed by atoms with E-state index < -0.39 is 0 Å². The minimum atomic E-state index is 0.316. The van der Waals surface area contributed by atoms with Gasteiger partial charge in [0.05, 0.1) is 12.2 Å². The van der Waals surface area contributed by atoms with Crippen LogP contribution in [0.4, 0.5) is 0 Å². The van der Waals surface area contributed by atoms with Crippen LogP contribution < -0.4 is 5.32 Å². The molecule has 0 amide bonds. The Morgan fingerprint density at radius 2 is 2.43 bits per heavy atom. The SMILES string of the molecule is CCCOC(C)CNCC1CCCO1. The van der Waals surface area contributed by atoms with Crippen molar-refractivity contribution in [1.29, 1.82) is 0 Å². The molecule has 1 aliphatic heterocycles. The third-order valence-electron chi connectivity index (χ3n) is 2.43. The summed E-state index contributed by atoms with van der Waals surface area (Å²) in [5, 5.41) is 3.39. The van der Waals surface area contributed by atoms with Crippen molar-refractivity contribution in [2.45, 2.75) is 45.3 Å². The zero-order valence-electron chi connectivity index (χ0n) is 9.42. The van der Waals surface area contributed by atoms with Gasteiger partial charge in [-0.25, -0.2) is 0 Å². The molecule has 1 rings (SSSR count). The molecule has 14 heavy (non-hydrogen) atoms. The molecule has 3 nitrogen and oxygen atoms in total. The summed E-state index contributed by atoms with van der Waals surface area (Å²) in [5.41, 5.74) is 0. The maximum Gasteiger partial charge on any atom is 0.0700 e. The topological polar surface area (TPSA) is 30.5 Å². The second-order valence-electron chi connectivity index (χ2n) is 3.97. The van der Waals surface area contributed by atoms with Crippen LogP contribution in [0.5, 0.6) is 0 Å². The van der Waals surface area contributed by atoms with Crippen molar-refractivity contribution in [2.75, 3.05) is 26.3 Å². The minimum absolute atomic E-state index is 0.316. The Morgan fingerprint density at radius 3 is 3.07 bits per heavy atom. The van der Waals surface area contributed by atoms with Gasteiger partial charge in [0.1, 0.15) is 0 Å². The molecule has 3 heteroatoms. The maximum atomic E-state index is 5.55. The van der Waals surface area contributed by atoms with Crippen LogP contribution in [0.15, 0.2) is 0 Å². The minimum Gasteiger partial charge on any atom is -0.377 e. The lowest BCUT2D eigenvalue weighted by Crippen LogP contribution is -2.33. The van der Waals surface area contributed by atoms with Gasteiger partial charge in [-0.3, -0.25) is 0 Å². The molecule has 0 aliphatic carbocycles. The molecule has 2 unspecified atom stereocenters. The summed E-state index contributed by atoms with van der Waals surface area (Å²) in [6.45, 7) is 7.95. The third-order valence-corrected chi connectivity index (χ3v) is 2.43. The van der Waals surface area contributed by atoms with Crippen molar-refractivity contribution in [1.82, 2.24) is 5.32 Å². The van der Waals surface area contributed by atoms with Crippen molar-refractivity contribution in [3.8, 4) is 0 Å². The summed E-state index contributed by atoms with van der Waals surface area (Å²) in [7, 11) is 0. The van der Waals surface area contributed by atoms with Gasteiger partial charge >= 0.3 is 0 Å². The average Bonchev–Trinajstić information content (AvgIpc) is 2.67. The highest BCUT2D eigenvalue weighted by molar-refractivity contribution is 4.68. The van der Waals surface area contributed by atoms with Gasteiger partial charge in [0.2, 0.25) is 0 Å². The van der Waals surface area contributed by atoms with E-state index in [0.29, 0.717) is 12.2 Å². The van der Waals surface area contributed by atoms with Gasteiger partial charge in [-0.1, -0.05) is 6.92 Å². The summed E-state index contributed by atoms with van der Waals surface area (Å²) < 4.78 is 11.1. The first-order chi connectivity index (χ1) is 6.83. The fourth-order valence-electron chi connectivity index (χ4n) is 1.63. The van der Waals surface area contributed by atoms with Crippen LogP contribution >= 0.6 is 0 Å². The molecule has 84 valence electrons. The summed E-state index contributed by atoms with van der Waals surface area (Å²) >= 11 is 0. The number of hydrogen-bond acceptors (Lipinski definition) is 3. The number of rotatable bonds is 7. The molecular formula is C11H23NO2. The van der Waals surface area contributed by atoms with Gasteiger partial charge in [0.15, 0.2) is 0 Å². The van der Waals surface area contributed by atoms with Crippen LogP contribution in [0.25, 0.3) is 0 Å². The van der Waals surface area contributed by atoms with Crippen molar-refractivity contribution in [3.05, 3.63) is 0 Å². The molecule has 2 atom stereocenters. The predicted octanol–water partition coefficient (Wildman–Crippen LogP) is 1.57. The molecule has 1 aliphatic rings. The lowest BCUT2D eigenvalue weighted by atomic mass is 10.2. The van der Waals surface area contributed by atoms with Crippen LogP contribution in [0.1, 0.15) is 33.1 Å².